The predicted octanol–water partition coefficient (Wildman–Crippen LogP) is 3.97. The molecule has 1 nitrogen and oxygen atoms in total. The molecule has 3 rings (SSSR count). The zero-order valence-corrected chi connectivity index (χ0v) is 11.5. The smallest absolute Gasteiger partial charge is 0.0405 e. The number of anilines is 1. The average molecular weight is 229 g/mol. The Morgan fingerprint density at radius 2 is 1.88 bits per heavy atom. The standard InChI is InChI=1S/C16H23N/c1-15(2)11-7-10-14-16(15,3)12-8-5-6-9-13(12)17(14)4/h5-6,8-9,14H,7,10-11H2,1-4H3. The highest BCUT2D eigenvalue weighted by Gasteiger charge is 2.56. The first-order chi connectivity index (χ1) is 7.98. The largest absolute Gasteiger partial charge is 0.370 e. The Kier molecular flexibility index (Phi) is 2.14. The first kappa shape index (κ1) is 11.1. The number of fused-ring (bicyclic) bond motifs is 3. The molecule has 1 heterocycles. The second-order valence-electron chi connectivity index (χ2n) is 6.62. The fourth-order valence-corrected chi connectivity index (χ4v) is 4.25. The molecular weight excluding hydrogens is 206 g/mol. The second kappa shape index (κ2) is 3.28. The van der Waals surface area contributed by atoms with Crippen molar-refractivity contribution in [3.05, 3.63) is 29.8 Å². The molecule has 0 spiro atoms. The van der Waals surface area contributed by atoms with Gasteiger partial charge in [0.25, 0.3) is 0 Å². The number of benzene rings is 1. The van der Waals surface area contributed by atoms with Crippen LogP contribution >= 0.6 is 0 Å². The van der Waals surface area contributed by atoms with Crippen LogP contribution in [0.1, 0.15) is 45.6 Å². The maximum Gasteiger partial charge on any atom is 0.0405 e. The van der Waals surface area contributed by atoms with E-state index in [9.17, 15) is 0 Å². The van der Waals surface area contributed by atoms with Gasteiger partial charge in [0, 0.05) is 24.2 Å². The molecule has 92 valence electrons. The van der Waals surface area contributed by atoms with Gasteiger partial charge in [-0.2, -0.15) is 0 Å². The minimum absolute atomic E-state index is 0.316. The Hall–Kier alpha value is -0.980. The molecule has 0 saturated heterocycles. The maximum atomic E-state index is 2.52. The Bertz CT molecular complexity index is 449. The van der Waals surface area contributed by atoms with E-state index in [1.165, 1.54) is 24.9 Å². The van der Waals surface area contributed by atoms with E-state index in [0.717, 1.165) is 0 Å². The van der Waals surface area contributed by atoms with Gasteiger partial charge in [-0.1, -0.05) is 45.4 Å². The summed E-state index contributed by atoms with van der Waals surface area (Å²) in [6.07, 6.45) is 4.05. The highest BCUT2D eigenvalue weighted by molar-refractivity contribution is 5.64. The number of nitrogens with zero attached hydrogens (tertiary/aromatic N) is 1. The minimum Gasteiger partial charge on any atom is -0.370 e. The first-order valence-electron chi connectivity index (χ1n) is 6.81. The molecule has 0 radical (unpaired) electrons. The first-order valence-corrected chi connectivity index (χ1v) is 6.81. The Labute approximate surface area is 105 Å². The summed E-state index contributed by atoms with van der Waals surface area (Å²) >= 11 is 0. The van der Waals surface area contributed by atoms with E-state index < -0.39 is 0 Å². The number of rotatable bonds is 0. The third kappa shape index (κ3) is 1.20. The molecule has 0 N–H and O–H groups in total. The van der Waals surface area contributed by atoms with E-state index in [4.69, 9.17) is 0 Å². The molecule has 0 aromatic heterocycles. The predicted molar refractivity (Wildman–Crippen MR) is 73.6 cm³/mol. The lowest BCUT2D eigenvalue weighted by molar-refractivity contribution is 0.0958. The highest BCUT2D eigenvalue weighted by atomic mass is 15.2. The lowest BCUT2D eigenvalue weighted by Crippen LogP contribution is -2.53. The molecular formula is C16H23N. The van der Waals surface area contributed by atoms with Gasteiger partial charge >= 0.3 is 0 Å². The third-order valence-electron chi connectivity index (χ3n) is 5.66. The van der Waals surface area contributed by atoms with Gasteiger partial charge < -0.3 is 4.90 Å². The lowest BCUT2D eigenvalue weighted by Gasteiger charge is -2.51. The molecule has 1 aromatic rings. The molecule has 1 heteroatoms. The van der Waals surface area contributed by atoms with Crippen LogP contribution in [0, 0.1) is 5.41 Å². The van der Waals surface area contributed by atoms with E-state index in [1.807, 2.05) is 0 Å². The minimum atomic E-state index is 0.316. The number of hydrogen-bond acceptors (Lipinski definition) is 1. The summed E-state index contributed by atoms with van der Waals surface area (Å²) in [6.45, 7) is 7.39. The van der Waals surface area contributed by atoms with Crippen molar-refractivity contribution in [1.29, 1.82) is 0 Å². The van der Waals surface area contributed by atoms with Crippen LogP contribution < -0.4 is 4.90 Å². The van der Waals surface area contributed by atoms with Crippen molar-refractivity contribution in [1.82, 2.24) is 0 Å². The van der Waals surface area contributed by atoms with Crippen molar-refractivity contribution < 1.29 is 0 Å². The summed E-state index contributed by atoms with van der Waals surface area (Å²) in [6, 6.07) is 9.69. The normalized spacial score (nSPS) is 34.4. The van der Waals surface area contributed by atoms with Crippen LogP contribution in [-0.2, 0) is 5.41 Å². The highest BCUT2D eigenvalue weighted by Crippen LogP contribution is 2.59. The number of para-hydroxylation sites is 1. The summed E-state index contributed by atoms with van der Waals surface area (Å²) < 4.78 is 0. The van der Waals surface area contributed by atoms with Crippen LogP contribution in [0.5, 0.6) is 0 Å². The van der Waals surface area contributed by atoms with Gasteiger partial charge in [-0.25, -0.2) is 0 Å². The molecule has 1 saturated carbocycles. The van der Waals surface area contributed by atoms with Crippen LogP contribution in [0.15, 0.2) is 24.3 Å². The summed E-state index contributed by atoms with van der Waals surface area (Å²) in [7, 11) is 2.27. The van der Waals surface area contributed by atoms with Gasteiger partial charge in [0.15, 0.2) is 0 Å². The fraction of sp³-hybridized carbons (Fsp3) is 0.625. The van der Waals surface area contributed by atoms with Crippen LogP contribution in [0.2, 0.25) is 0 Å². The van der Waals surface area contributed by atoms with Crippen molar-refractivity contribution >= 4 is 5.69 Å². The fourth-order valence-electron chi connectivity index (χ4n) is 4.25. The van der Waals surface area contributed by atoms with Gasteiger partial charge in [-0.3, -0.25) is 0 Å². The van der Waals surface area contributed by atoms with Crippen molar-refractivity contribution in [2.75, 3.05) is 11.9 Å². The molecule has 0 amide bonds. The topological polar surface area (TPSA) is 3.24 Å². The molecule has 17 heavy (non-hydrogen) atoms. The Balaban J connectivity index is 2.23. The molecule has 2 aliphatic rings. The van der Waals surface area contributed by atoms with Crippen molar-refractivity contribution in [3.8, 4) is 0 Å². The van der Waals surface area contributed by atoms with E-state index in [0.29, 0.717) is 16.9 Å². The van der Waals surface area contributed by atoms with Gasteiger partial charge in [0.1, 0.15) is 0 Å². The van der Waals surface area contributed by atoms with Crippen LogP contribution in [0.3, 0.4) is 0 Å². The monoisotopic (exact) mass is 229 g/mol. The molecule has 1 aromatic carbocycles. The second-order valence-corrected chi connectivity index (χ2v) is 6.62. The molecule has 1 aliphatic carbocycles. The number of hydrogen-bond donors (Lipinski definition) is 0. The van der Waals surface area contributed by atoms with Crippen molar-refractivity contribution in [2.24, 2.45) is 5.41 Å². The number of likely N-dealkylation sites (N-methyl/N-ethyl adjacent to an activating group) is 1. The lowest BCUT2D eigenvalue weighted by atomic mass is 9.55. The summed E-state index contributed by atoms with van der Waals surface area (Å²) in [5, 5.41) is 0. The Morgan fingerprint density at radius 1 is 1.18 bits per heavy atom. The van der Waals surface area contributed by atoms with E-state index in [2.05, 4.69) is 57.0 Å². The quantitative estimate of drug-likeness (QED) is 0.650. The van der Waals surface area contributed by atoms with Crippen LogP contribution in [-0.4, -0.2) is 13.1 Å². The SMILES string of the molecule is CN1c2ccccc2C2(C)C1CCCC2(C)C. The van der Waals surface area contributed by atoms with Gasteiger partial charge in [-0.15, -0.1) is 0 Å². The summed E-state index contributed by atoms with van der Waals surface area (Å²) in [4.78, 5) is 2.52. The van der Waals surface area contributed by atoms with Crippen LogP contribution in [0.4, 0.5) is 5.69 Å². The molecule has 0 bridgehead atoms. The van der Waals surface area contributed by atoms with Crippen molar-refractivity contribution in [2.45, 2.75) is 51.5 Å². The van der Waals surface area contributed by atoms with E-state index in [-0.39, 0.29) is 0 Å². The maximum absolute atomic E-state index is 2.52. The van der Waals surface area contributed by atoms with Crippen LogP contribution in [0.25, 0.3) is 0 Å². The zero-order valence-electron chi connectivity index (χ0n) is 11.5. The van der Waals surface area contributed by atoms with E-state index in [1.54, 1.807) is 5.56 Å². The van der Waals surface area contributed by atoms with Gasteiger partial charge in [0.05, 0.1) is 0 Å². The molecule has 2 atom stereocenters. The zero-order chi connectivity index (χ0) is 12.3. The van der Waals surface area contributed by atoms with Gasteiger partial charge in [0.2, 0.25) is 0 Å². The van der Waals surface area contributed by atoms with Gasteiger partial charge in [-0.05, 0) is 29.9 Å². The Morgan fingerprint density at radius 3 is 2.65 bits per heavy atom. The summed E-state index contributed by atoms with van der Waals surface area (Å²) in [5.41, 5.74) is 3.74. The summed E-state index contributed by atoms with van der Waals surface area (Å²) in [5.74, 6) is 0. The van der Waals surface area contributed by atoms with E-state index >= 15 is 0 Å². The third-order valence-corrected chi connectivity index (χ3v) is 5.66. The average Bonchev–Trinajstić information content (AvgIpc) is 2.53. The molecule has 2 unspecified atom stereocenters. The molecule has 1 aliphatic heterocycles. The van der Waals surface area contributed by atoms with Crippen molar-refractivity contribution in [3.63, 3.8) is 0 Å². The molecule has 1 fully saturated rings.